The number of rotatable bonds is 10. The first-order valence-corrected chi connectivity index (χ1v) is 15.0. The molecule has 0 radical (unpaired) electrons. The van der Waals surface area contributed by atoms with E-state index >= 15 is 0 Å². The number of pyridine rings is 1. The van der Waals surface area contributed by atoms with Gasteiger partial charge in [-0.05, 0) is 18.6 Å². The van der Waals surface area contributed by atoms with Crippen molar-refractivity contribution in [1.29, 1.82) is 0 Å². The molecule has 2 aromatic carbocycles. The van der Waals surface area contributed by atoms with Crippen LogP contribution in [-0.4, -0.2) is 66.6 Å². The number of nitrogens with zero attached hydrogens (tertiary/aromatic N) is 4. The van der Waals surface area contributed by atoms with Crippen LogP contribution < -0.4 is 25.4 Å². The van der Waals surface area contributed by atoms with E-state index in [2.05, 4.69) is 25.9 Å². The van der Waals surface area contributed by atoms with E-state index < -0.39 is 0 Å². The Hall–Kier alpha value is -4.25. The zero-order valence-corrected chi connectivity index (χ0v) is 25.8. The Balaban J connectivity index is 1.27. The summed E-state index contributed by atoms with van der Waals surface area (Å²) >= 11 is 14.1. The number of aliphatic imine (C=N–C) groups is 1. The number of amidine groups is 1. The zero-order chi connectivity index (χ0) is 30.6. The van der Waals surface area contributed by atoms with Crippen molar-refractivity contribution in [3.63, 3.8) is 0 Å². The summed E-state index contributed by atoms with van der Waals surface area (Å²) in [5.41, 5.74) is 5.63. The van der Waals surface area contributed by atoms with Gasteiger partial charge in [0.1, 0.15) is 11.5 Å². The van der Waals surface area contributed by atoms with Gasteiger partial charge in [-0.3, -0.25) is 14.8 Å². The van der Waals surface area contributed by atoms with Crippen LogP contribution in [0.25, 0.3) is 33.6 Å². The standard InChI is InChI=1S/C32H31Cl2N7O3/c1-43-31-23(30-36-13-14-37-30)10-11-24(40-31)21-7-3-5-19(28(21)33)20-6-4-8-22(29(20)34)25-17-38-26(32(41-25)44-2)16-35-15-18-9-12-27(42)39-18/h3-8,10-11,17-18,35H,9,12-16H2,1-2H3,(H,36,37)(H,39,42)/t18-/m0/s1. The van der Waals surface area contributed by atoms with Crippen molar-refractivity contribution in [2.24, 2.45) is 4.99 Å². The molecular weight excluding hydrogens is 601 g/mol. The molecule has 1 amide bonds. The average molecular weight is 633 g/mol. The number of nitrogens with one attached hydrogen (secondary N) is 3. The number of benzene rings is 2. The average Bonchev–Trinajstić information content (AvgIpc) is 3.73. The number of amides is 1. The predicted molar refractivity (Wildman–Crippen MR) is 172 cm³/mol. The summed E-state index contributed by atoms with van der Waals surface area (Å²) in [6, 6.07) is 15.4. The number of carbonyl (C=O) groups is 1. The molecule has 226 valence electrons. The smallest absolute Gasteiger partial charge is 0.237 e. The Morgan fingerprint density at radius 1 is 0.886 bits per heavy atom. The minimum Gasteiger partial charge on any atom is -0.480 e. The van der Waals surface area contributed by atoms with Crippen molar-refractivity contribution in [2.45, 2.75) is 25.4 Å². The van der Waals surface area contributed by atoms with Crippen LogP contribution in [0, 0.1) is 0 Å². The van der Waals surface area contributed by atoms with E-state index in [1.165, 1.54) is 0 Å². The SMILES string of the molecule is COc1nc(-c2cccc(-c3cccc(-c4cnc(CNC[C@@H]5CCC(=O)N5)c(OC)n4)c3Cl)c2Cl)ccc1C1=NCCN1. The Kier molecular flexibility index (Phi) is 8.92. The van der Waals surface area contributed by atoms with Gasteiger partial charge in [0.2, 0.25) is 17.7 Å². The summed E-state index contributed by atoms with van der Waals surface area (Å²) < 4.78 is 11.2. The van der Waals surface area contributed by atoms with E-state index in [-0.39, 0.29) is 11.9 Å². The Labute approximate surface area is 265 Å². The van der Waals surface area contributed by atoms with Crippen LogP contribution in [0.5, 0.6) is 11.8 Å². The highest BCUT2D eigenvalue weighted by atomic mass is 35.5. The second-order valence-electron chi connectivity index (χ2n) is 10.4. The Morgan fingerprint density at radius 2 is 1.57 bits per heavy atom. The molecule has 10 nitrogen and oxygen atoms in total. The van der Waals surface area contributed by atoms with Crippen molar-refractivity contribution in [3.05, 3.63) is 76.0 Å². The lowest BCUT2D eigenvalue weighted by Gasteiger charge is -2.15. The highest BCUT2D eigenvalue weighted by Gasteiger charge is 2.22. The second-order valence-corrected chi connectivity index (χ2v) is 11.1. The number of aromatic nitrogens is 3. The summed E-state index contributed by atoms with van der Waals surface area (Å²) in [5, 5.41) is 10.5. The molecule has 2 aliphatic heterocycles. The molecule has 6 rings (SSSR count). The number of halogens is 2. The molecule has 2 aromatic heterocycles. The summed E-state index contributed by atoms with van der Waals surface area (Å²) in [7, 11) is 3.15. The van der Waals surface area contributed by atoms with E-state index in [1.807, 2.05) is 48.5 Å². The number of hydrogen-bond donors (Lipinski definition) is 3. The van der Waals surface area contributed by atoms with Gasteiger partial charge in [0.15, 0.2) is 0 Å². The van der Waals surface area contributed by atoms with Gasteiger partial charge in [0.05, 0.1) is 54.0 Å². The minimum atomic E-state index is 0.0874. The molecule has 44 heavy (non-hydrogen) atoms. The molecule has 0 spiro atoms. The van der Waals surface area contributed by atoms with Crippen molar-refractivity contribution < 1.29 is 14.3 Å². The molecule has 3 N–H and O–H groups in total. The van der Waals surface area contributed by atoms with Gasteiger partial charge in [0.25, 0.3) is 0 Å². The highest BCUT2D eigenvalue weighted by molar-refractivity contribution is 6.39. The zero-order valence-electron chi connectivity index (χ0n) is 24.3. The summed E-state index contributed by atoms with van der Waals surface area (Å²) in [6.07, 6.45) is 3.06. The van der Waals surface area contributed by atoms with Gasteiger partial charge in [-0.15, -0.1) is 0 Å². The fourth-order valence-corrected chi connectivity index (χ4v) is 6.04. The third-order valence-electron chi connectivity index (χ3n) is 7.60. The monoisotopic (exact) mass is 631 g/mol. The summed E-state index contributed by atoms with van der Waals surface area (Å²) in [6.45, 7) is 2.60. The van der Waals surface area contributed by atoms with Gasteiger partial charge in [-0.2, -0.15) is 0 Å². The third kappa shape index (κ3) is 6.06. The van der Waals surface area contributed by atoms with Crippen molar-refractivity contribution in [3.8, 4) is 45.4 Å². The topological polar surface area (TPSA) is 123 Å². The maximum absolute atomic E-state index is 11.5. The molecule has 0 aliphatic carbocycles. The molecule has 1 atom stereocenters. The largest absolute Gasteiger partial charge is 0.480 e. The van der Waals surface area contributed by atoms with Crippen LogP contribution in [0.1, 0.15) is 24.1 Å². The number of hydrogen-bond acceptors (Lipinski definition) is 9. The lowest BCUT2D eigenvalue weighted by molar-refractivity contribution is -0.119. The van der Waals surface area contributed by atoms with E-state index in [0.29, 0.717) is 64.0 Å². The van der Waals surface area contributed by atoms with Crippen LogP contribution in [-0.2, 0) is 11.3 Å². The van der Waals surface area contributed by atoms with Crippen molar-refractivity contribution >= 4 is 34.9 Å². The lowest BCUT2D eigenvalue weighted by atomic mass is 9.98. The fourth-order valence-electron chi connectivity index (χ4n) is 5.39. The number of ether oxygens (including phenoxy) is 2. The molecule has 12 heteroatoms. The number of carbonyl (C=O) groups excluding carboxylic acids is 1. The van der Waals surface area contributed by atoms with E-state index in [1.54, 1.807) is 20.4 Å². The van der Waals surface area contributed by atoms with Gasteiger partial charge in [-0.25, -0.2) is 9.97 Å². The fraction of sp³-hybridized carbons (Fsp3) is 0.281. The second kappa shape index (κ2) is 13.2. The maximum atomic E-state index is 11.5. The van der Waals surface area contributed by atoms with E-state index in [0.717, 1.165) is 47.6 Å². The normalized spacial score (nSPS) is 16.0. The van der Waals surface area contributed by atoms with Crippen molar-refractivity contribution in [1.82, 2.24) is 30.9 Å². The van der Waals surface area contributed by atoms with Crippen LogP contribution >= 0.6 is 23.2 Å². The van der Waals surface area contributed by atoms with E-state index in [9.17, 15) is 4.79 Å². The molecule has 4 aromatic rings. The molecule has 0 unspecified atom stereocenters. The van der Waals surface area contributed by atoms with Gasteiger partial charge < -0.3 is 25.4 Å². The van der Waals surface area contributed by atoms with E-state index in [4.69, 9.17) is 42.6 Å². The van der Waals surface area contributed by atoms with Crippen molar-refractivity contribution in [2.75, 3.05) is 33.9 Å². The summed E-state index contributed by atoms with van der Waals surface area (Å²) in [4.78, 5) is 30.0. The van der Waals surface area contributed by atoms with Gasteiger partial charge >= 0.3 is 0 Å². The molecule has 1 fully saturated rings. The number of methoxy groups -OCH3 is 2. The van der Waals surface area contributed by atoms with Crippen LogP contribution in [0.2, 0.25) is 10.0 Å². The molecule has 2 aliphatic rings. The minimum absolute atomic E-state index is 0.0874. The first-order valence-electron chi connectivity index (χ1n) is 14.3. The molecule has 1 saturated heterocycles. The highest BCUT2D eigenvalue weighted by Crippen LogP contribution is 2.42. The first kappa shape index (κ1) is 29.8. The van der Waals surface area contributed by atoms with Gasteiger partial charge in [-0.1, -0.05) is 59.6 Å². The van der Waals surface area contributed by atoms with Crippen LogP contribution in [0.4, 0.5) is 0 Å². The quantitative estimate of drug-likeness (QED) is 0.226. The Bertz CT molecular complexity index is 1750. The molecule has 0 saturated carbocycles. The lowest BCUT2D eigenvalue weighted by Crippen LogP contribution is -2.35. The van der Waals surface area contributed by atoms with Crippen LogP contribution in [0.3, 0.4) is 0 Å². The Morgan fingerprint density at radius 3 is 2.20 bits per heavy atom. The summed E-state index contributed by atoms with van der Waals surface area (Å²) in [5.74, 6) is 1.72. The van der Waals surface area contributed by atoms with Crippen LogP contribution in [0.15, 0.2) is 59.7 Å². The molecule has 0 bridgehead atoms. The van der Waals surface area contributed by atoms with Gasteiger partial charge in [0, 0.05) is 54.4 Å². The molecular formula is C32H31Cl2N7O3. The third-order valence-corrected chi connectivity index (χ3v) is 8.41. The first-order chi connectivity index (χ1) is 21.5. The predicted octanol–water partition coefficient (Wildman–Crippen LogP) is 4.91. The molecule has 4 heterocycles. The maximum Gasteiger partial charge on any atom is 0.237 e.